The van der Waals surface area contributed by atoms with Crippen LogP contribution < -0.4 is 10.6 Å². The minimum atomic E-state index is -0.260. The maximum Gasteiger partial charge on any atom is 0.315 e. The van der Waals surface area contributed by atoms with E-state index >= 15 is 0 Å². The van der Waals surface area contributed by atoms with Gasteiger partial charge in [-0.1, -0.05) is 36.3 Å². The van der Waals surface area contributed by atoms with Gasteiger partial charge in [-0.2, -0.15) is 0 Å². The fraction of sp³-hybridized carbons (Fsp3) is 0.412. The monoisotopic (exact) mass is 317 g/mol. The number of aliphatic hydroxyl groups excluding tert-OH is 1. The van der Waals surface area contributed by atoms with Crippen molar-refractivity contribution < 1.29 is 14.4 Å². The highest BCUT2D eigenvalue weighted by Gasteiger charge is 2.20. The number of urea groups is 1. The highest BCUT2D eigenvalue weighted by atomic mass is 16.5. The Labute approximate surface area is 135 Å². The van der Waals surface area contributed by atoms with E-state index in [1.165, 1.54) is 0 Å². The van der Waals surface area contributed by atoms with Crippen molar-refractivity contribution in [1.82, 2.24) is 15.8 Å². The van der Waals surface area contributed by atoms with Gasteiger partial charge in [0.25, 0.3) is 0 Å². The van der Waals surface area contributed by atoms with Crippen LogP contribution in [0.4, 0.5) is 4.79 Å². The number of nitrogens with one attached hydrogen (secondary N) is 2. The van der Waals surface area contributed by atoms with Gasteiger partial charge < -0.3 is 20.3 Å². The fourth-order valence-electron chi connectivity index (χ4n) is 2.63. The van der Waals surface area contributed by atoms with Gasteiger partial charge in [0.1, 0.15) is 5.76 Å². The van der Waals surface area contributed by atoms with E-state index in [9.17, 15) is 9.90 Å². The number of amides is 2. The topological polar surface area (TPSA) is 87.4 Å². The van der Waals surface area contributed by atoms with Crippen molar-refractivity contribution >= 4 is 6.03 Å². The Bertz CT molecular complexity index is 647. The first-order chi connectivity index (χ1) is 11.1. The van der Waals surface area contributed by atoms with E-state index in [-0.39, 0.29) is 18.7 Å². The average Bonchev–Trinajstić information content (AvgIpc) is 2.90. The largest absolute Gasteiger partial charge is 0.392 e. The molecule has 0 aliphatic rings. The number of rotatable bonds is 6. The molecule has 0 aliphatic heterocycles. The Balaban J connectivity index is 1.98. The lowest BCUT2D eigenvalue weighted by atomic mass is 10.0. The molecule has 1 unspecified atom stereocenters. The molecule has 3 N–H and O–H groups in total. The van der Waals surface area contributed by atoms with Crippen LogP contribution in [0.2, 0.25) is 0 Å². The molecule has 0 fully saturated rings. The van der Waals surface area contributed by atoms with E-state index in [1.54, 1.807) is 0 Å². The van der Waals surface area contributed by atoms with E-state index in [4.69, 9.17) is 4.52 Å². The summed E-state index contributed by atoms with van der Waals surface area (Å²) >= 11 is 0. The summed E-state index contributed by atoms with van der Waals surface area (Å²) in [6.07, 6.45) is 0.740. The van der Waals surface area contributed by atoms with Crippen LogP contribution in [0.3, 0.4) is 0 Å². The zero-order valence-electron chi connectivity index (χ0n) is 13.7. The molecule has 0 bridgehead atoms. The Hall–Kier alpha value is -2.34. The van der Waals surface area contributed by atoms with Gasteiger partial charge in [-0.3, -0.25) is 0 Å². The molecule has 1 atom stereocenters. The molecule has 124 valence electrons. The summed E-state index contributed by atoms with van der Waals surface area (Å²) in [5, 5.41) is 19.0. The molecule has 23 heavy (non-hydrogen) atoms. The second-order valence-corrected chi connectivity index (χ2v) is 5.45. The van der Waals surface area contributed by atoms with E-state index in [0.29, 0.717) is 6.54 Å². The van der Waals surface area contributed by atoms with Gasteiger partial charge in [-0.05, 0) is 31.4 Å². The summed E-state index contributed by atoms with van der Waals surface area (Å²) in [5.74, 6) is 0.722. The molecule has 2 rings (SSSR count). The summed E-state index contributed by atoms with van der Waals surface area (Å²) in [4.78, 5) is 12.2. The second-order valence-electron chi connectivity index (χ2n) is 5.45. The second kappa shape index (κ2) is 7.78. The van der Waals surface area contributed by atoms with Gasteiger partial charge in [-0.15, -0.1) is 0 Å². The summed E-state index contributed by atoms with van der Waals surface area (Å²) in [6, 6.07) is 7.07. The molecule has 6 heteroatoms. The van der Waals surface area contributed by atoms with Crippen LogP contribution in [0.25, 0.3) is 0 Å². The molecular weight excluding hydrogens is 294 g/mol. The number of aromatic nitrogens is 1. The Morgan fingerprint density at radius 2 is 2.00 bits per heavy atom. The first kappa shape index (κ1) is 17.0. The number of nitrogens with zero attached hydrogens (tertiary/aromatic N) is 1. The Morgan fingerprint density at radius 3 is 2.57 bits per heavy atom. The maximum absolute atomic E-state index is 12.2. The van der Waals surface area contributed by atoms with Crippen molar-refractivity contribution in [2.75, 3.05) is 0 Å². The van der Waals surface area contributed by atoms with Crippen LogP contribution in [0.5, 0.6) is 0 Å². The van der Waals surface area contributed by atoms with Gasteiger partial charge in [0.2, 0.25) is 0 Å². The predicted octanol–water partition coefficient (Wildman–Crippen LogP) is 2.73. The van der Waals surface area contributed by atoms with Crippen molar-refractivity contribution in [3.05, 3.63) is 52.4 Å². The van der Waals surface area contributed by atoms with Crippen LogP contribution >= 0.6 is 0 Å². The van der Waals surface area contributed by atoms with Gasteiger partial charge in [0.05, 0.1) is 18.3 Å². The molecule has 0 saturated carbocycles. The summed E-state index contributed by atoms with van der Waals surface area (Å²) < 4.78 is 5.17. The van der Waals surface area contributed by atoms with Crippen LogP contribution in [0, 0.1) is 13.8 Å². The van der Waals surface area contributed by atoms with E-state index in [0.717, 1.165) is 34.6 Å². The number of benzene rings is 1. The van der Waals surface area contributed by atoms with Gasteiger partial charge in [0.15, 0.2) is 0 Å². The first-order valence-corrected chi connectivity index (χ1v) is 7.71. The van der Waals surface area contributed by atoms with Gasteiger partial charge in [-0.25, -0.2) is 4.79 Å². The number of carbonyl (C=O) groups excluding carboxylic acids is 1. The lowest BCUT2D eigenvalue weighted by Gasteiger charge is -2.18. The number of hydrogen-bond donors (Lipinski definition) is 3. The highest BCUT2D eigenvalue weighted by Crippen LogP contribution is 2.23. The Morgan fingerprint density at radius 1 is 1.30 bits per heavy atom. The molecule has 0 saturated heterocycles. The van der Waals surface area contributed by atoms with Crippen LogP contribution in [0.1, 0.15) is 47.5 Å². The SMILES string of the molecule is CCC(NC(=O)NCc1ccccc1CO)c1c(C)noc1C. The Kier molecular flexibility index (Phi) is 5.76. The summed E-state index contributed by atoms with van der Waals surface area (Å²) in [6.45, 7) is 6.02. The van der Waals surface area contributed by atoms with Gasteiger partial charge >= 0.3 is 6.03 Å². The van der Waals surface area contributed by atoms with Crippen molar-refractivity contribution in [2.45, 2.75) is 46.4 Å². The quantitative estimate of drug-likeness (QED) is 0.764. The van der Waals surface area contributed by atoms with E-state index < -0.39 is 0 Å². The van der Waals surface area contributed by atoms with Crippen molar-refractivity contribution in [3.63, 3.8) is 0 Å². The third-order valence-corrected chi connectivity index (χ3v) is 3.88. The highest BCUT2D eigenvalue weighted by molar-refractivity contribution is 5.74. The molecule has 1 heterocycles. The number of aliphatic hydroxyl groups is 1. The number of hydrogen-bond acceptors (Lipinski definition) is 4. The minimum absolute atomic E-state index is 0.0455. The van der Waals surface area contributed by atoms with Crippen molar-refractivity contribution in [3.8, 4) is 0 Å². The van der Waals surface area contributed by atoms with Crippen LogP contribution in [-0.4, -0.2) is 16.3 Å². The van der Waals surface area contributed by atoms with Crippen LogP contribution in [-0.2, 0) is 13.2 Å². The molecular formula is C17H23N3O3. The zero-order valence-corrected chi connectivity index (χ0v) is 13.7. The minimum Gasteiger partial charge on any atom is -0.392 e. The normalized spacial score (nSPS) is 12.0. The predicted molar refractivity (Wildman–Crippen MR) is 86.7 cm³/mol. The van der Waals surface area contributed by atoms with E-state index in [2.05, 4.69) is 15.8 Å². The third-order valence-electron chi connectivity index (χ3n) is 3.88. The van der Waals surface area contributed by atoms with Gasteiger partial charge in [0, 0.05) is 12.1 Å². The maximum atomic E-state index is 12.2. The molecule has 2 amide bonds. The van der Waals surface area contributed by atoms with Crippen molar-refractivity contribution in [2.24, 2.45) is 0 Å². The van der Waals surface area contributed by atoms with Crippen molar-refractivity contribution in [1.29, 1.82) is 0 Å². The number of carbonyl (C=O) groups is 1. The molecule has 0 radical (unpaired) electrons. The number of aryl methyl sites for hydroxylation is 2. The molecule has 1 aromatic carbocycles. The first-order valence-electron chi connectivity index (χ1n) is 7.71. The molecule has 2 aromatic rings. The van der Waals surface area contributed by atoms with Crippen LogP contribution in [0.15, 0.2) is 28.8 Å². The fourth-order valence-corrected chi connectivity index (χ4v) is 2.63. The molecule has 0 spiro atoms. The average molecular weight is 317 g/mol. The summed E-state index contributed by atoms with van der Waals surface area (Å²) in [5.41, 5.74) is 3.43. The molecule has 6 nitrogen and oxygen atoms in total. The molecule has 1 aromatic heterocycles. The van der Waals surface area contributed by atoms with E-state index in [1.807, 2.05) is 45.0 Å². The smallest absolute Gasteiger partial charge is 0.315 e. The summed E-state index contributed by atoms with van der Waals surface area (Å²) in [7, 11) is 0. The lowest BCUT2D eigenvalue weighted by Crippen LogP contribution is -2.37. The molecule has 0 aliphatic carbocycles. The third kappa shape index (κ3) is 4.10. The standard InChI is InChI=1S/C17H23N3O3/c1-4-15(16-11(2)20-23-12(16)3)19-17(22)18-9-13-7-5-6-8-14(13)10-21/h5-8,15,21H,4,9-10H2,1-3H3,(H2,18,19,22). The zero-order chi connectivity index (χ0) is 16.8. The lowest BCUT2D eigenvalue weighted by molar-refractivity contribution is 0.236.